The molecule has 1 heterocycles. The van der Waals surface area contributed by atoms with E-state index in [1.807, 2.05) is 0 Å². The minimum absolute atomic E-state index is 0.0445. The van der Waals surface area contributed by atoms with E-state index in [4.69, 9.17) is 5.73 Å². The van der Waals surface area contributed by atoms with Crippen LogP contribution in [0, 0.1) is 5.92 Å². The van der Waals surface area contributed by atoms with Gasteiger partial charge in [0.05, 0.1) is 5.92 Å². The molecule has 3 N–H and O–H groups in total. The Hall–Kier alpha value is -0.570. The summed E-state index contributed by atoms with van der Waals surface area (Å²) in [4.78, 5) is 10.7. The van der Waals surface area contributed by atoms with Crippen molar-refractivity contribution in [3.63, 3.8) is 0 Å². The number of piperidine rings is 1. The van der Waals surface area contributed by atoms with E-state index >= 15 is 0 Å². The Labute approximate surface area is 67.3 Å². The van der Waals surface area contributed by atoms with Crippen molar-refractivity contribution in [3.8, 4) is 0 Å². The van der Waals surface area contributed by atoms with Crippen molar-refractivity contribution >= 4 is 5.91 Å². The Morgan fingerprint density at radius 3 is 2.64 bits per heavy atom. The summed E-state index contributed by atoms with van der Waals surface area (Å²) in [7, 11) is 0. The number of carbonyl (C=O) groups is 1. The van der Waals surface area contributed by atoms with Crippen LogP contribution in [0.2, 0.25) is 0 Å². The van der Waals surface area contributed by atoms with Gasteiger partial charge in [0.1, 0.15) is 0 Å². The monoisotopic (exact) mass is 156 g/mol. The van der Waals surface area contributed by atoms with E-state index in [2.05, 4.69) is 19.2 Å². The first kappa shape index (κ1) is 8.53. The molecular weight excluding hydrogens is 140 g/mol. The van der Waals surface area contributed by atoms with Gasteiger partial charge in [-0.3, -0.25) is 4.79 Å². The number of nitrogens with one attached hydrogen (secondary N) is 1. The smallest absolute Gasteiger partial charge is 0.221 e. The lowest BCUT2D eigenvalue weighted by molar-refractivity contribution is -0.122. The fourth-order valence-electron chi connectivity index (χ4n) is 1.37. The Morgan fingerprint density at radius 1 is 1.64 bits per heavy atom. The van der Waals surface area contributed by atoms with Gasteiger partial charge in [-0.2, -0.15) is 0 Å². The molecule has 11 heavy (non-hydrogen) atoms. The molecule has 0 bridgehead atoms. The molecule has 3 nitrogen and oxygen atoms in total. The Balaban J connectivity index is 2.42. The fourth-order valence-corrected chi connectivity index (χ4v) is 1.37. The molecule has 0 aromatic rings. The molecule has 0 aromatic carbocycles. The van der Waals surface area contributed by atoms with Gasteiger partial charge in [0.15, 0.2) is 0 Å². The molecule has 0 aromatic heterocycles. The van der Waals surface area contributed by atoms with Gasteiger partial charge in [-0.15, -0.1) is 0 Å². The number of hydrogen-bond acceptors (Lipinski definition) is 2. The van der Waals surface area contributed by atoms with Crippen LogP contribution in [-0.4, -0.2) is 18.0 Å². The molecule has 0 radical (unpaired) electrons. The van der Waals surface area contributed by atoms with Crippen molar-refractivity contribution in [1.29, 1.82) is 0 Å². The Morgan fingerprint density at radius 2 is 2.27 bits per heavy atom. The number of carbonyl (C=O) groups excluding carboxylic acids is 1. The quantitative estimate of drug-likeness (QED) is 0.571. The lowest BCUT2D eigenvalue weighted by atomic mass is 9.87. The Bertz CT molecular complexity index is 155. The Kier molecular flexibility index (Phi) is 2.18. The third kappa shape index (κ3) is 2.19. The minimum atomic E-state index is -0.173. The molecule has 0 spiro atoms. The van der Waals surface area contributed by atoms with Crippen molar-refractivity contribution in [1.82, 2.24) is 5.32 Å². The number of primary amides is 1. The molecule has 1 fully saturated rings. The average molecular weight is 156 g/mol. The molecule has 1 atom stereocenters. The van der Waals surface area contributed by atoms with Gasteiger partial charge in [0.2, 0.25) is 5.91 Å². The zero-order valence-electron chi connectivity index (χ0n) is 7.18. The van der Waals surface area contributed by atoms with E-state index in [1.165, 1.54) is 0 Å². The maximum absolute atomic E-state index is 10.7. The first-order valence-electron chi connectivity index (χ1n) is 4.06. The van der Waals surface area contributed by atoms with Gasteiger partial charge in [-0.1, -0.05) is 0 Å². The number of nitrogens with two attached hydrogens (primary N) is 1. The fraction of sp³-hybridized carbons (Fsp3) is 0.875. The van der Waals surface area contributed by atoms with Crippen LogP contribution >= 0.6 is 0 Å². The maximum atomic E-state index is 10.7. The average Bonchev–Trinajstić information content (AvgIpc) is 1.86. The molecule has 3 heteroatoms. The number of rotatable bonds is 1. The first-order valence-corrected chi connectivity index (χ1v) is 4.06. The van der Waals surface area contributed by atoms with Crippen LogP contribution in [0.5, 0.6) is 0 Å². The molecule has 0 saturated carbocycles. The summed E-state index contributed by atoms with van der Waals surface area (Å²) in [5.74, 6) is -0.129. The van der Waals surface area contributed by atoms with Crippen LogP contribution in [0.3, 0.4) is 0 Å². The standard InChI is InChI=1S/C8H16N2O/c1-8(2)4-3-6(5-10-8)7(9)11/h6,10H,3-5H2,1-2H3,(H2,9,11). The second kappa shape index (κ2) is 2.81. The second-order valence-corrected chi connectivity index (χ2v) is 3.90. The topological polar surface area (TPSA) is 55.1 Å². The van der Waals surface area contributed by atoms with Gasteiger partial charge >= 0.3 is 0 Å². The molecule has 0 aliphatic carbocycles. The molecule has 1 unspecified atom stereocenters. The van der Waals surface area contributed by atoms with E-state index in [9.17, 15) is 4.79 Å². The summed E-state index contributed by atoms with van der Waals surface area (Å²) in [6, 6.07) is 0. The van der Waals surface area contributed by atoms with Crippen molar-refractivity contribution < 1.29 is 4.79 Å². The minimum Gasteiger partial charge on any atom is -0.369 e. The van der Waals surface area contributed by atoms with E-state index in [0.717, 1.165) is 19.4 Å². The summed E-state index contributed by atoms with van der Waals surface area (Å²) in [6.07, 6.45) is 1.95. The molecule has 1 rings (SSSR count). The highest BCUT2D eigenvalue weighted by atomic mass is 16.1. The summed E-state index contributed by atoms with van der Waals surface area (Å²) in [5.41, 5.74) is 5.36. The summed E-state index contributed by atoms with van der Waals surface area (Å²) in [5, 5.41) is 3.29. The first-order chi connectivity index (χ1) is 5.01. The van der Waals surface area contributed by atoms with E-state index in [1.54, 1.807) is 0 Å². The zero-order valence-corrected chi connectivity index (χ0v) is 7.18. The van der Waals surface area contributed by atoms with Gasteiger partial charge in [-0.05, 0) is 26.7 Å². The van der Waals surface area contributed by atoms with E-state index in [-0.39, 0.29) is 17.4 Å². The molecule has 1 amide bonds. The predicted octanol–water partition coefficient (Wildman–Crippen LogP) is 0.250. The van der Waals surface area contributed by atoms with E-state index < -0.39 is 0 Å². The lowest BCUT2D eigenvalue weighted by Gasteiger charge is -2.34. The normalized spacial score (nSPS) is 29.8. The van der Waals surface area contributed by atoms with Crippen LogP contribution < -0.4 is 11.1 Å². The number of amides is 1. The molecule has 1 saturated heterocycles. The third-order valence-electron chi connectivity index (χ3n) is 2.35. The van der Waals surface area contributed by atoms with Crippen molar-refractivity contribution in [3.05, 3.63) is 0 Å². The van der Waals surface area contributed by atoms with Crippen molar-refractivity contribution in [2.24, 2.45) is 11.7 Å². The zero-order chi connectivity index (χ0) is 8.48. The SMILES string of the molecule is CC1(C)CCC(C(N)=O)CN1. The molecule has 64 valence electrons. The summed E-state index contributed by atoms with van der Waals surface area (Å²) >= 11 is 0. The summed E-state index contributed by atoms with van der Waals surface area (Å²) in [6.45, 7) is 5.02. The predicted molar refractivity (Wildman–Crippen MR) is 44.0 cm³/mol. The van der Waals surface area contributed by atoms with Crippen LogP contribution in [0.15, 0.2) is 0 Å². The van der Waals surface area contributed by atoms with Gasteiger partial charge in [0, 0.05) is 12.1 Å². The highest BCUT2D eigenvalue weighted by molar-refractivity contribution is 5.77. The largest absolute Gasteiger partial charge is 0.369 e. The van der Waals surface area contributed by atoms with Gasteiger partial charge < -0.3 is 11.1 Å². The van der Waals surface area contributed by atoms with E-state index in [0.29, 0.717) is 0 Å². The van der Waals surface area contributed by atoms with Crippen LogP contribution in [0.1, 0.15) is 26.7 Å². The highest BCUT2D eigenvalue weighted by Gasteiger charge is 2.28. The number of hydrogen-bond donors (Lipinski definition) is 2. The van der Waals surface area contributed by atoms with Gasteiger partial charge in [-0.25, -0.2) is 0 Å². The highest BCUT2D eigenvalue weighted by Crippen LogP contribution is 2.21. The van der Waals surface area contributed by atoms with Crippen molar-refractivity contribution in [2.45, 2.75) is 32.2 Å². The van der Waals surface area contributed by atoms with Gasteiger partial charge in [0.25, 0.3) is 0 Å². The summed E-state index contributed by atoms with van der Waals surface area (Å²) < 4.78 is 0. The van der Waals surface area contributed by atoms with Crippen molar-refractivity contribution in [2.75, 3.05) is 6.54 Å². The van der Waals surface area contributed by atoms with Crippen LogP contribution in [0.4, 0.5) is 0 Å². The maximum Gasteiger partial charge on any atom is 0.221 e. The lowest BCUT2D eigenvalue weighted by Crippen LogP contribution is -2.49. The molecular formula is C8H16N2O. The van der Waals surface area contributed by atoms with Crippen LogP contribution in [-0.2, 0) is 4.79 Å². The third-order valence-corrected chi connectivity index (χ3v) is 2.35. The second-order valence-electron chi connectivity index (χ2n) is 3.90. The molecule has 1 aliphatic heterocycles. The molecule has 1 aliphatic rings. The van der Waals surface area contributed by atoms with Crippen LogP contribution in [0.25, 0.3) is 0 Å².